The van der Waals surface area contributed by atoms with Gasteiger partial charge in [-0.2, -0.15) is 0 Å². The van der Waals surface area contributed by atoms with E-state index in [-0.39, 0.29) is 28.8 Å². The number of carbonyl (C=O) groups is 2. The summed E-state index contributed by atoms with van der Waals surface area (Å²) < 4.78 is 4.86. The highest BCUT2D eigenvalue weighted by molar-refractivity contribution is 6.34. The van der Waals surface area contributed by atoms with Crippen LogP contribution in [0.25, 0.3) is 0 Å². The summed E-state index contributed by atoms with van der Waals surface area (Å²) in [6.07, 6.45) is 0. The van der Waals surface area contributed by atoms with Gasteiger partial charge < -0.3 is 21.1 Å². The molecule has 2 atom stereocenters. The molecule has 0 bridgehead atoms. The zero-order chi connectivity index (χ0) is 16.7. The molecule has 0 spiro atoms. The second-order valence-corrected chi connectivity index (χ2v) is 5.49. The predicted molar refractivity (Wildman–Crippen MR) is 87.1 cm³/mol. The number of hydrogen-bond acceptors (Lipinski definition) is 4. The summed E-state index contributed by atoms with van der Waals surface area (Å²) in [4.78, 5) is 23.8. The van der Waals surface area contributed by atoms with E-state index in [0.29, 0.717) is 24.4 Å². The molecular formula is C15H22ClN3O3. The summed E-state index contributed by atoms with van der Waals surface area (Å²) in [7, 11) is 1.56. The first kappa shape index (κ1) is 18.4. The van der Waals surface area contributed by atoms with Crippen molar-refractivity contribution in [3.05, 3.63) is 28.8 Å². The lowest BCUT2D eigenvalue weighted by Crippen LogP contribution is -2.34. The van der Waals surface area contributed by atoms with Gasteiger partial charge in [-0.1, -0.05) is 18.5 Å². The zero-order valence-electron chi connectivity index (χ0n) is 13.0. The van der Waals surface area contributed by atoms with Gasteiger partial charge in [0, 0.05) is 25.4 Å². The van der Waals surface area contributed by atoms with Gasteiger partial charge in [0.25, 0.3) is 5.91 Å². The Kier molecular flexibility index (Phi) is 7.31. The number of benzene rings is 1. The summed E-state index contributed by atoms with van der Waals surface area (Å²) in [6, 6.07) is 4.49. The molecule has 2 unspecified atom stereocenters. The number of hydrogen-bond donors (Lipinski definition) is 3. The van der Waals surface area contributed by atoms with Gasteiger partial charge in [0.15, 0.2) is 0 Å². The van der Waals surface area contributed by atoms with Crippen molar-refractivity contribution in [3.8, 4) is 0 Å². The first-order chi connectivity index (χ1) is 10.4. The van der Waals surface area contributed by atoms with Crippen LogP contribution in [-0.4, -0.2) is 38.1 Å². The lowest BCUT2D eigenvalue weighted by molar-refractivity contribution is -0.119. The predicted octanol–water partition coefficient (Wildman–Crippen LogP) is 1.64. The summed E-state index contributed by atoms with van der Waals surface area (Å²) in [5, 5.41) is 5.67. The van der Waals surface area contributed by atoms with E-state index in [0.717, 1.165) is 0 Å². The monoisotopic (exact) mass is 327 g/mol. The smallest absolute Gasteiger partial charge is 0.252 e. The minimum atomic E-state index is -0.323. The third-order valence-corrected chi connectivity index (χ3v) is 3.59. The van der Waals surface area contributed by atoms with Crippen molar-refractivity contribution in [1.29, 1.82) is 0 Å². The maximum absolute atomic E-state index is 11.9. The second kappa shape index (κ2) is 8.73. The van der Waals surface area contributed by atoms with Crippen LogP contribution in [-0.2, 0) is 9.53 Å². The van der Waals surface area contributed by atoms with E-state index < -0.39 is 0 Å². The summed E-state index contributed by atoms with van der Waals surface area (Å²) in [5.41, 5.74) is 6.56. The fourth-order valence-corrected chi connectivity index (χ4v) is 1.90. The van der Waals surface area contributed by atoms with Crippen molar-refractivity contribution in [2.75, 3.05) is 25.6 Å². The largest absolute Gasteiger partial charge is 0.383 e. The highest BCUT2D eigenvalue weighted by Gasteiger charge is 2.18. The number of methoxy groups -OCH3 is 1. The third kappa shape index (κ3) is 5.29. The fraction of sp³-hybridized carbons (Fsp3) is 0.467. The summed E-state index contributed by atoms with van der Waals surface area (Å²) in [6.45, 7) is 4.34. The van der Waals surface area contributed by atoms with Crippen LogP contribution in [0, 0.1) is 5.92 Å². The molecule has 22 heavy (non-hydrogen) atoms. The number of nitrogens with one attached hydrogen (secondary N) is 2. The van der Waals surface area contributed by atoms with Gasteiger partial charge in [0.2, 0.25) is 5.91 Å². The van der Waals surface area contributed by atoms with E-state index in [4.69, 9.17) is 22.1 Å². The summed E-state index contributed by atoms with van der Waals surface area (Å²) >= 11 is 6.09. The lowest BCUT2D eigenvalue weighted by atomic mass is 10.0. The van der Waals surface area contributed by atoms with E-state index in [1.54, 1.807) is 39.2 Å². The number of halogens is 1. The molecule has 0 aliphatic rings. The minimum absolute atomic E-state index is 0.191. The quantitative estimate of drug-likeness (QED) is 0.664. The molecule has 0 saturated carbocycles. The SMILES string of the molecule is COCCNC(=O)c1ccc(NC(=O)C(C)C(C)N)cc1Cl. The van der Waals surface area contributed by atoms with Gasteiger partial charge in [-0.25, -0.2) is 0 Å². The van der Waals surface area contributed by atoms with Crippen LogP contribution >= 0.6 is 11.6 Å². The Morgan fingerprint density at radius 1 is 1.36 bits per heavy atom. The molecule has 2 amide bonds. The zero-order valence-corrected chi connectivity index (χ0v) is 13.7. The molecule has 7 heteroatoms. The van der Waals surface area contributed by atoms with Gasteiger partial charge in [-0.3, -0.25) is 9.59 Å². The lowest BCUT2D eigenvalue weighted by Gasteiger charge is -2.16. The number of rotatable bonds is 7. The molecule has 0 fully saturated rings. The highest BCUT2D eigenvalue weighted by Crippen LogP contribution is 2.21. The molecule has 1 aromatic rings. The molecule has 0 saturated heterocycles. The molecule has 4 N–H and O–H groups in total. The number of amides is 2. The van der Waals surface area contributed by atoms with Gasteiger partial charge in [-0.15, -0.1) is 0 Å². The standard InChI is InChI=1S/C15H22ClN3O3/c1-9(10(2)17)14(20)19-11-4-5-12(13(16)8-11)15(21)18-6-7-22-3/h4-5,8-10H,6-7,17H2,1-3H3,(H,18,21)(H,19,20). The van der Waals surface area contributed by atoms with E-state index in [1.807, 2.05) is 0 Å². The van der Waals surface area contributed by atoms with Crippen LogP contribution in [0.2, 0.25) is 5.02 Å². The van der Waals surface area contributed by atoms with Gasteiger partial charge in [-0.05, 0) is 25.1 Å². The molecule has 0 aromatic heterocycles. The van der Waals surface area contributed by atoms with Crippen molar-refractivity contribution >= 4 is 29.1 Å². The first-order valence-electron chi connectivity index (χ1n) is 7.00. The maximum atomic E-state index is 11.9. The van der Waals surface area contributed by atoms with E-state index in [9.17, 15) is 9.59 Å². The molecule has 1 aromatic carbocycles. The minimum Gasteiger partial charge on any atom is -0.383 e. The molecular weight excluding hydrogens is 306 g/mol. The van der Waals surface area contributed by atoms with Crippen LogP contribution in [0.1, 0.15) is 24.2 Å². The van der Waals surface area contributed by atoms with Crippen LogP contribution in [0.3, 0.4) is 0 Å². The van der Waals surface area contributed by atoms with Crippen LogP contribution in [0.4, 0.5) is 5.69 Å². The number of ether oxygens (including phenoxy) is 1. The Bertz CT molecular complexity index is 535. The number of carbonyl (C=O) groups excluding carboxylic acids is 2. The maximum Gasteiger partial charge on any atom is 0.252 e. The van der Waals surface area contributed by atoms with Crippen LogP contribution in [0.15, 0.2) is 18.2 Å². The van der Waals surface area contributed by atoms with Crippen LogP contribution in [0.5, 0.6) is 0 Å². The number of anilines is 1. The van der Waals surface area contributed by atoms with E-state index >= 15 is 0 Å². The molecule has 0 aliphatic carbocycles. The Hall–Kier alpha value is -1.63. The third-order valence-electron chi connectivity index (χ3n) is 3.28. The average molecular weight is 328 g/mol. The van der Waals surface area contributed by atoms with Crippen molar-refractivity contribution in [1.82, 2.24) is 5.32 Å². The van der Waals surface area contributed by atoms with Gasteiger partial charge in [0.1, 0.15) is 0 Å². The van der Waals surface area contributed by atoms with Gasteiger partial charge >= 0.3 is 0 Å². The van der Waals surface area contributed by atoms with E-state index in [1.165, 1.54) is 0 Å². The fourth-order valence-electron chi connectivity index (χ4n) is 1.63. The van der Waals surface area contributed by atoms with Crippen molar-refractivity contribution < 1.29 is 14.3 Å². The molecule has 122 valence electrons. The Morgan fingerprint density at radius 3 is 2.59 bits per heavy atom. The number of nitrogens with two attached hydrogens (primary N) is 1. The molecule has 0 radical (unpaired) electrons. The average Bonchev–Trinajstić information content (AvgIpc) is 2.46. The van der Waals surface area contributed by atoms with E-state index in [2.05, 4.69) is 10.6 Å². The van der Waals surface area contributed by atoms with Gasteiger partial charge in [0.05, 0.1) is 23.1 Å². The molecule has 6 nitrogen and oxygen atoms in total. The molecule has 0 heterocycles. The Morgan fingerprint density at radius 2 is 2.05 bits per heavy atom. The highest BCUT2D eigenvalue weighted by atomic mass is 35.5. The second-order valence-electron chi connectivity index (χ2n) is 5.08. The molecule has 0 aliphatic heterocycles. The van der Waals surface area contributed by atoms with Crippen molar-refractivity contribution in [3.63, 3.8) is 0 Å². The topological polar surface area (TPSA) is 93.5 Å². The Labute approximate surface area is 135 Å². The van der Waals surface area contributed by atoms with Crippen molar-refractivity contribution in [2.24, 2.45) is 11.7 Å². The van der Waals surface area contributed by atoms with Crippen molar-refractivity contribution in [2.45, 2.75) is 19.9 Å². The summed E-state index contributed by atoms with van der Waals surface area (Å²) in [5.74, 6) is -0.803. The Balaban J connectivity index is 2.73. The molecule has 1 rings (SSSR count). The first-order valence-corrected chi connectivity index (χ1v) is 7.37. The normalized spacial score (nSPS) is 13.3. The van der Waals surface area contributed by atoms with Crippen LogP contribution < -0.4 is 16.4 Å².